The van der Waals surface area contributed by atoms with Gasteiger partial charge in [0.2, 0.25) is 11.9 Å². The number of nitrogens with zero attached hydrogens (tertiary/aromatic N) is 3. The zero-order chi connectivity index (χ0) is 19.8. The highest BCUT2D eigenvalue weighted by Crippen LogP contribution is 2.38. The van der Waals surface area contributed by atoms with Gasteiger partial charge in [0.1, 0.15) is 11.7 Å². The van der Waals surface area contributed by atoms with Crippen LogP contribution in [-0.4, -0.2) is 29.0 Å². The first-order valence-corrected chi connectivity index (χ1v) is 9.64. The normalized spacial score (nSPS) is 22.3. The van der Waals surface area contributed by atoms with Gasteiger partial charge in [-0.25, -0.2) is 0 Å². The molecular formula is C21H23N5O2. The van der Waals surface area contributed by atoms with E-state index in [-0.39, 0.29) is 11.4 Å². The Hall–Kier alpha value is -3.14. The van der Waals surface area contributed by atoms with Crippen molar-refractivity contribution < 1.29 is 4.79 Å². The van der Waals surface area contributed by atoms with Crippen molar-refractivity contribution in [1.82, 2.24) is 9.97 Å². The highest BCUT2D eigenvalue weighted by Gasteiger charge is 2.40. The lowest BCUT2D eigenvalue weighted by molar-refractivity contribution is -0.119. The molecule has 28 heavy (non-hydrogen) atoms. The summed E-state index contributed by atoms with van der Waals surface area (Å²) in [6, 6.07) is 9.65. The molecule has 2 atom stereocenters. The Morgan fingerprint density at radius 2 is 2.00 bits per heavy atom. The monoisotopic (exact) mass is 377 g/mol. The number of aromatic amines is 1. The molecule has 3 heterocycles. The van der Waals surface area contributed by atoms with E-state index in [1.54, 1.807) is 0 Å². The summed E-state index contributed by atoms with van der Waals surface area (Å²) in [6.45, 7) is 5.80. The molecule has 7 heteroatoms. The van der Waals surface area contributed by atoms with Crippen LogP contribution in [0.1, 0.15) is 42.4 Å². The van der Waals surface area contributed by atoms with Gasteiger partial charge in [-0.2, -0.15) is 10.2 Å². The van der Waals surface area contributed by atoms with Crippen LogP contribution in [0.4, 0.5) is 11.8 Å². The Bertz CT molecular complexity index is 1010. The van der Waals surface area contributed by atoms with E-state index < -0.39 is 17.7 Å². The Kier molecular flexibility index (Phi) is 4.63. The number of piperidine rings is 1. The number of amides is 1. The molecule has 0 radical (unpaired) electrons. The number of nitriles is 1. The van der Waals surface area contributed by atoms with Crippen molar-refractivity contribution in [2.45, 2.75) is 32.6 Å². The summed E-state index contributed by atoms with van der Waals surface area (Å²) < 4.78 is 0. The second-order valence-electron chi connectivity index (χ2n) is 7.81. The van der Waals surface area contributed by atoms with Crippen molar-refractivity contribution >= 4 is 17.7 Å². The van der Waals surface area contributed by atoms with Crippen LogP contribution in [0, 0.1) is 30.1 Å². The maximum absolute atomic E-state index is 13.0. The Morgan fingerprint density at radius 1 is 1.25 bits per heavy atom. The fraction of sp³-hybridized carbons (Fsp3) is 0.429. The zero-order valence-corrected chi connectivity index (χ0v) is 16.0. The van der Waals surface area contributed by atoms with Crippen LogP contribution in [0.2, 0.25) is 0 Å². The van der Waals surface area contributed by atoms with Gasteiger partial charge in [0, 0.05) is 19.0 Å². The van der Waals surface area contributed by atoms with E-state index in [1.807, 2.05) is 36.1 Å². The van der Waals surface area contributed by atoms with E-state index in [0.29, 0.717) is 17.4 Å². The van der Waals surface area contributed by atoms with E-state index in [1.165, 1.54) is 0 Å². The fourth-order valence-electron chi connectivity index (χ4n) is 4.09. The molecule has 1 aromatic carbocycles. The molecule has 1 fully saturated rings. The number of aryl methyl sites for hydroxylation is 1. The molecule has 0 unspecified atom stereocenters. The number of hydrogen-bond acceptors (Lipinski definition) is 5. The number of hydrogen-bond donors (Lipinski definition) is 2. The average molecular weight is 377 g/mol. The maximum Gasteiger partial charge on any atom is 0.258 e. The van der Waals surface area contributed by atoms with E-state index >= 15 is 0 Å². The number of fused-ring (bicyclic) bond motifs is 1. The van der Waals surface area contributed by atoms with Crippen LogP contribution in [0.5, 0.6) is 0 Å². The minimum Gasteiger partial charge on any atom is -0.342 e. The Morgan fingerprint density at radius 3 is 2.68 bits per heavy atom. The first kappa shape index (κ1) is 18.2. The smallest absolute Gasteiger partial charge is 0.258 e. The van der Waals surface area contributed by atoms with Crippen molar-refractivity contribution in [3.8, 4) is 6.07 Å². The summed E-state index contributed by atoms with van der Waals surface area (Å²) in [7, 11) is 0. The first-order chi connectivity index (χ1) is 13.5. The van der Waals surface area contributed by atoms with Crippen LogP contribution in [0.15, 0.2) is 29.1 Å². The zero-order valence-electron chi connectivity index (χ0n) is 16.0. The summed E-state index contributed by atoms with van der Waals surface area (Å²) in [4.78, 5) is 35.2. The Labute approximate surface area is 163 Å². The highest BCUT2D eigenvalue weighted by atomic mass is 16.2. The van der Waals surface area contributed by atoms with Crippen LogP contribution < -0.4 is 15.8 Å². The molecule has 4 rings (SSSR count). The maximum atomic E-state index is 13.0. The second-order valence-corrected chi connectivity index (χ2v) is 7.81. The summed E-state index contributed by atoms with van der Waals surface area (Å²) in [5, 5.41) is 12.3. The fourth-order valence-corrected chi connectivity index (χ4v) is 4.09. The van der Waals surface area contributed by atoms with Gasteiger partial charge in [-0.05, 0) is 31.2 Å². The average Bonchev–Trinajstić information content (AvgIpc) is 2.67. The number of benzene rings is 1. The van der Waals surface area contributed by atoms with Crippen molar-refractivity contribution in [1.29, 1.82) is 5.26 Å². The van der Waals surface area contributed by atoms with Gasteiger partial charge in [0.05, 0.1) is 11.6 Å². The molecule has 2 N–H and O–H groups in total. The Balaban J connectivity index is 1.81. The van der Waals surface area contributed by atoms with E-state index in [4.69, 9.17) is 0 Å². The SMILES string of the molecule is Cc1cccc([C@H]2c3c(nc(N4CCC(C)CC4)[nH]c3=O)NC(=O)[C@H]2C#N)c1. The topological polar surface area (TPSA) is 102 Å². The highest BCUT2D eigenvalue weighted by molar-refractivity contribution is 5.98. The van der Waals surface area contributed by atoms with Crippen molar-refractivity contribution in [2.75, 3.05) is 23.3 Å². The molecule has 0 spiro atoms. The number of nitrogens with one attached hydrogen (secondary N) is 2. The predicted octanol–water partition coefficient (Wildman–Crippen LogP) is 2.54. The van der Waals surface area contributed by atoms with Gasteiger partial charge in [0.25, 0.3) is 5.56 Å². The molecular weight excluding hydrogens is 354 g/mol. The van der Waals surface area contributed by atoms with Crippen LogP contribution in [-0.2, 0) is 4.79 Å². The van der Waals surface area contributed by atoms with Crippen molar-refractivity contribution in [2.24, 2.45) is 11.8 Å². The molecule has 1 saturated heterocycles. The third-order valence-electron chi connectivity index (χ3n) is 5.73. The minimum absolute atomic E-state index is 0.264. The molecule has 0 bridgehead atoms. The van der Waals surface area contributed by atoms with Gasteiger partial charge in [0.15, 0.2) is 0 Å². The van der Waals surface area contributed by atoms with E-state index in [2.05, 4.69) is 28.3 Å². The van der Waals surface area contributed by atoms with Crippen LogP contribution >= 0.6 is 0 Å². The van der Waals surface area contributed by atoms with Crippen LogP contribution in [0.25, 0.3) is 0 Å². The lowest BCUT2D eigenvalue weighted by Gasteiger charge is -2.33. The quantitative estimate of drug-likeness (QED) is 0.837. The lowest BCUT2D eigenvalue weighted by atomic mass is 9.79. The summed E-state index contributed by atoms with van der Waals surface area (Å²) in [5.74, 6) is -0.630. The molecule has 144 valence electrons. The lowest BCUT2D eigenvalue weighted by Crippen LogP contribution is -2.40. The third-order valence-corrected chi connectivity index (χ3v) is 5.73. The molecule has 0 aliphatic carbocycles. The van der Waals surface area contributed by atoms with Gasteiger partial charge in [-0.1, -0.05) is 36.8 Å². The molecule has 2 aliphatic rings. The number of anilines is 2. The molecule has 0 saturated carbocycles. The standard InChI is InChI=1S/C21H23N5O2/c1-12-6-8-26(9-7-12)21-24-18-17(20(28)25-21)16(15(11-22)19(27)23-18)14-5-3-4-13(2)10-14/h3-5,10,12,15-16H,6-9H2,1-2H3,(H2,23,24,25,27,28)/t15-,16+/m0/s1. The number of rotatable bonds is 2. The number of H-pyrrole nitrogens is 1. The van der Waals surface area contributed by atoms with Gasteiger partial charge in [-0.3, -0.25) is 14.6 Å². The number of carbonyl (C=O) groups is 1. The van der Waals surface area contributed by atoms with Gasteiger partial charge < -0.3 is 10.2 Å². The largest absolute Gasteiger partial charge is 0.342 e. The van der Waals surface area contributed by atoms with Crippen LogP contribution in [0.3, 0.4) is 0 Å². The molecule has 2 aliphatic heterocycles. The third kappa shape index (κ3) is 3.15. The molecule has 7 nitrogen and oxygen atoms in total. The van der Waals surface area contributed by atoms with Crippen molar-refractivity contribution in [3.63, 3.8) is 0 Å². The number of carbonyl (C=O) groups excluding carboxylic acids is 1. The second kappa shape index (κ2) is 7.12. The molecule has 1 amide bonds. The first-order valence-electron chi connectivity index (χ1n) is 9.64. The summed E-state index contributed by atoms with van der Waals surface area (Å²) in [5.41, 5.74) is 1.83. The van der Waals surface area contributed by atoms with E-state index in [9.17, 15) is 14.9 Å². The number of aromatic nitrogens is 2. The predicted molar refractivity (Wildman–Crippen MR) is 106 cm³/mol. The van der Waals surface area contributed by atoms with Crippen molar-refractivity contribution in [3.05, 3.63) is 51.3 Å². The molecule has 1 aromatic heterocycles. The van der Waals surface area contributed by atoms with Gasteiger partial charge >= 0.3 is 0 Å². The summed E-state index contributed by atoms with van der Waals surface area (Å²) in [6.07, 6.45) is 2.07. The summed E-state index contributed by atoms with van der Waals surface area (Å²) >= 11 is 0. The van der Waals surface area contributed by atoms with E-state index in [0.717, 1.165) is 37.1 Å². The molecule has 2 aromatic rings. The minimum atomic E-state index is -0.973. The van der Waals surface area contributed by atoms with Gasteiger partial charge in [-0.15, -0.1) is 0 Å².